The number of rotatable bonds is 5. The molecule has 0 aliphatic rings. The molecule has 2 rings (SSSR count). The van der Waals surface area contributed by atoms with Crippen LogP contribution >= 0.6 is 23.2 Å². The zero-order valence-electron chi connectivity index (χ0n) is 12.0. The van der Waals surface area contributed by atoms with Crippen molar-refractivity contribution in [3.8, 4) is 0 Å². The summed E-state index contributed by atoms with van der Waals surface area (Å²) in [5.74, 6) is 0. The van der Waals surface area contributed by atoms with Crippen LogP contribution in [0.2, 0.25) is 10.0 Å². The van der Waals surface area contributed by atoms with Crippen LogP contribution in [0.4, 0.5) is 0 Å². The largest absolute Gasteiger partial charge is 0.313 e. The van der Waals surface area contributed by atoms with Gasteiger partial charge in [0.2, 0.25) is 0 Å². The summed E-state index contributed by atoms with van der Waals surface area (Å²) in [6.07, 6.45) is 1.81. The molecule has 0 saturated heterocycles. The summed E-state index contributed by atoms with van der Waals surface area (Å²) in [4.78, 5) is 0. The molecule has 2 aromatic rings. The van der Waals surface area contributed by atoms with E-state index in [4.69, 9.17) is 23.2 Å². The molecular weight excluding hydrogens is 293 g/mol. The molecule has 0 radical (unpaired) electrons. The van der Waals surface area contributed by atoms with Crippen LogP contribution in [0.3, 0.4) is 0 Å². The van der Waals surface area contributed by atoms with Gasteiger partial charge in [-0.2, -0.15) is 5.10 Å². The highest BCUT2D eigenvalue weighted by Gasteiger charge is 2.14. The smallest absolute Gasteiger partial charge is 0.0624 e. The molecule has 1 unspecified atom stereocenters. The monoisotopic (exact) mass is 311 g/mol. The molecule has 0 aliphatic carbocycles. The van der Waals surface area contributed by atoms with Crippen LogP contribution in [-0.2, 0) is 19.9 Å². The number of aryl methyl sites for hydroxylation is 2. The summed E-state index contributed by atoms with van der Waals surface area (Å²) in [6, 6.07) is 8.10. The van der Waals surface area contributed by atoms with E-state index in [1.54, 1.807) is 0 Å². The van der Waals surface area contributed by atoms with E-state index in [0.717, 1.165) is 24.1 Å². The Kier molecular flexibility index (Phi) is 5.08. The van der Waals surface area contributed by atoms with Crippen LogP contribution in [0.5, 0.6) is 0 Å². The van der Waals surface area contributed by atoms with Gasteiger partial charge in [-0.1, -0.05) is 36.2 Å². The van der Waals surface area contributed by atoms with Gasteiger partial charge in [0.25, 0.3) is 0 Å². The van der Waals surface area contributed by atoms with Crippen LogP contribution in [0.15, 0.2) is 24.3 Å². The Bertz CT molecular complexity index is 593. The minimum absolute atomic E-state index is 0.185. The Morgan fingerprint density at radius 1 is 1.25 bits per heavy atom. The number of nitrogens with zero attached hydrogens (tertiary/aromatic N) is 2. The maximum Gasteiger partial charge on any atom is 0.0624 e. The molecule has 0 spiro atoms. The summed E-state index contributed by atoms with van der Waals surface area (Å²) in [7, 11) is 3.93. The van der Waals surface area contributed by atoms with Crippen LogP contribution in [0, 0.1) is 0 Å². The molecule has 0 fully saturated rings. The first kappa shape index (κ1) is 15.4. The van der Waals surface area contributed by atoms with E-state index in [0.29, 0.717) is 10.0 Å². The lowest BCUT2D eigenvalue weighted by Crippen LogP contribution is -2.20. The second-order valence-corrected chi connectivity index (χ2v) is 5.64. The van der Waals surface area contributed by atoms with Crippen LogP contribution < -0.4 is 5.32 Å². The van der Waals surface area contributed by atoms with Crippen molar-refractivity contribution in [1.29, 1.82) is 0 Å². The van der Waals surface area contributed by atoms with E-state index in [1.165, 1.54) is 5.69 Å². The van der Waals surface area contributed by atoms with Crippen LogP contribution in [-0.4, -0.2) is 16.8 Å². The first-order valence-corrected chi connectivity index (χ1v) is 7.44. The van der Waals surface area contributed by atoms with Gasteiger partial charge in [0.05, 0.1) is 15.7 Å². The molecule has 0 aliphatic heterocycles. The van der Waals surface area contributed by atoms with Crippen molar-refractivity contribution in [3.05, 3.63) is 51.3 Å². The van der Waals surface area contributed by atoms with E-state index >= 15 is 0 Å². The van der Waals surface area contributed by atoms with Gasteiger partial charge in [-0.3, -0.25) is 4.68 Å². The molecule has 20 heavy (non-hydrogen) atoms. The van der Waals surface area contributed by atoms with E-state index in [9.17, 15) is 0 Å². The third-order valence-electron chi connectivity index (χ3n) is 3.50. The number of nitrogens with one attached hydrogen (secondary N) is 1. The molecule has 1 atom stereocenters. The molecule has 1 N–H and O–H groups in total. The number of halogens is 2. The molecule has 0 amide bonds. The van der Waals surface area contributed by atoms with E-state index in [1.807, 2.05) is 37.0 Å². The maximum absolute atomic E-state index is 6.10. The normalized spacial score (nSPS) is 12.7. The van der Waals surface area contributed by atoms with Crippen molar-refractivity contribution in [2.45, 2.75) is 25.8 Å². The quantitative estimate of drug-likeness (QED) is 0.910. The molecule has 1 aromatic carbocycles. The number of benzene rings is 1. The Morgan fingerprint density at radius 2 is 2.00 bits per heavy atom. The van der Waals surface area contributed by atoms with Crippen molar-refractivity contribution in [3.63, 3.8) is 0 Å². The highest BCUT2D eigenvalue weighted by atomic mass is 35.5. The fourth-order valence-electron chi connectivity index (χ4n) is 2.26. The number of hydrogen-bond acceptors (Lipinski definition) is 2. The summed E-state index contributed by atoms with van der Waals surface area (Å²) in [5, 5.41) is 8.98. The lowest BCUT2D eigenvalue weighted by molar-refractivity contribution is 0.561. The van der Waals surface area contributed by atoms with Crippen molar-refractivity contribution >= 4 is 23.2 Å². The zero-order valence-corrected chi connectivity index (χ0v) is 13.5. The molecule has 0 bridgehead atoms. The van der Waals surface area contributed by atoms with Gasteiger partial charge in [0.15, 0.2) is 0 Å². The predicted molar refractivity (Wildman–Crippen MR) is 84.6 cm³/mol. The Balaban J connectivity index is 2.23. The summed E-state index contributed by atoms with van der Waals surface area (Å²) in [5.41, 5.74) is 3.44. The first-order chi connectivity index (χ1) is 9.55. The lowest BCUT2D eigenvalue weighted by atomic mass is 10.0. The molecule has 1 aromatic heterocycles. The van der Waals surface area contributed by atoms with E-state index in [-0.39, 0.29) is 6.04 Å². The number of aromatic nitrogens is 2. The molecular formula is C15H19Cl2N3. The van der Waals surface area contributed by atoms with Gasteiger partial charge in [-0.05, 0) is 37.2 Å². The fourth-order valence-corrected chi connectivity index (χ4v) is 2.57. The zero-order chi connectivity index (χ0) is 14.7. The topological polar surface area (TPSA) is 29.9 Å². The van der Waals surface area contributed by atoms with Crippen LogP contribution in [0.25, 0.3) is 0 Å². The van der Waals surface area contributed by atoms with Gasteiger partial charge in [0, 0.05) is 25.2 Å². The summed E-state index contributed by atoms with van der Waals surface area (Å²) < 4.78 is 1.95. The maximum atomic E-state index is 6.10. The van der Waals surface area contributed by atoms with Crippen molar-refractivity contribution in [2.24, 2.45) is 7.05 Å². The third-order valence-corrected chi connectivity index (χ3v) is 4.24. The average Bonchev–Trinajstić information content (AvgIpc) is 2.80. The summed E-state index contributed by atoms with van der Waals surface area (Å²) in [6.45, 7) is 2.11. The van der Waals surface area contributed by atoms with Crippen molar-refractivity contribution in [2.75, 3.05) is 7.05 Å². The van der Waals surface area contributed by atoms with Crippen LogP contribution in [0.1, 0.15) is 29.9 Å². The highest BCUT2D eigenvalue weighted by Crippen LogP contribution is 2.27. The molecule has 3 nitrogen and oxygen atoms in total. The first-order valence-electron chi connectivity index (χ1n) is 6.69. The SMILES string of the molecule is CCc1cc(CC(NC)c2ccc(Cl)c(Cl)c2)n(C)n1. The van der Waals surface area contributed by atoms with Gasteiger partial charge in [-0.25, -0.2) is 0 Å². The Labute approximate surface area is 129 Å². The second kappa shape index (κ2) is 6.61. The fraction of sp³-hybridized carbons (Fsp3) is 0.400. The van der Waals surface area contributed by atoms with Gasteiger partial charge < -0.3 is 5.32 Å². The highest BCUT2D eigenvalue weighted by molar-refractivity contribution is 6.42. The predicted octanol–water partition coefficient (Wildman–Crippen LogP) is 3.79. The Hall–Kier alpha value is -1.03. The van der Waals surface area contributed by atoms with Crippen molar-refractivity contribution < 1.29 is 0 Å². The second-order valence-electron chi connectivity index (χ2n) is 4.82. The van der Waals surface area contributed by atoms with E-state index in [2.05, 4.69) is 23.4 Å². The third kappa shape index (κ3) is 3.35. The lowest BCUT2D eigenvalue weighted by Gasteiger charge is -2.17. The molecule has 1 heterocycles. The van der Waals surface area contributed by atoms with Crippen molar-refractivity contribution in [1.82, 2.24) is 15.1 Å². The molecule has 0 saturated carbocycles. The molecule has 5 heteroatoms. The average molecular weight is 312 g/mol. The van der Waals surface area contributed by atoms with Gasteiger partial charge in [0.1, 0.15) is 0 Å². The molecule has 108 valence electrons. The van der Waals surface area contributed by atoms with E-state index < -0.39 is 0 Å². The number of likely N-dealkylation sites (N-methyl/N-ethyl adjacent to an activating group) is 1. The minimum atomic E-state index is 0.185. The minimum Gasteiger partial charge on any atom is -0.313 e. The Morgan fingerprint density at radius 3 is 2.55 bits per heavy atom. The van der Waals surface area contributed by atoms with Gasteiger partial charge in [-0.15, -0.1) is 0 Å². The number of hydrogen-bond donors (Lipinski definition) is 1. The summed E-state index contributed by atoms with van der Waals surface area (Å²) >= 11 is 12.1. The van der Waals surface area contributed by atoms with Gasteiger partial charge >= 0.3 is 0 Å². The standard InChI is InChI=1S/C15H19Cl2N3/c1-4-11-8-12(20(3)19-11)9-15(18-2)10-5-6-13(16)14(17)7-10/h5-8,15,18H,4,9H2,1-3H3.